The summed E-state index contributed by atoms with van der Waals surface area (Å²) in [5.41, 5.74) is 5.38. The van der Waals surface area contributed by atoms with Crippen molar-refractivity contribution in [1.29, 1.82) is 0 Å². The molecule has 0 saturated heterocycles. The minimum absolute atomic E-state index is 0.855. The molecule has 0 spiro atoms. The summed E-state index contributed by atoms with van der Waals surface area (Å²) in [6, 6.07) is 8.52. The minimum Gasteiger partial charge on any atom is -0.472 e. The lowest BCUT2D eigenvalue weighted by atomic mass is 9.97. The van der Waals surface area contributed by atoms with E-state index in [0.717, 1.165) is 19.6 Å². The van der Waals surface area contributed by atoms with Gasteiger partial charge < -0.3 is 15.1 Å². The number of benzene rings is 1. The molecule has 0 bridgehead atoms. The molecule has 0 saturated carbocycles. The quantitative estimate of drug-likeness (QED) is 0.865. The van der Waals surface area contributed by atoms with E-state index in [1.54, 1.807) is 12.5 Å². The predicted molar refractivity (Wildman–Crippen MR) is 72.5 cm³/mol. The molecule has 94 valence electrons. The summed E-state index contributed by atoms with van der Waals surface area (Å²) in [5, 5.41) is 6.93. The summed E-state index contributed by atoms with van der Waals surface area (Å²) < 4.78 is 5.06. The van der Waals surface area contributed by atoms with Gasteiger partial charge in [0.15, 0.2) is 0 Å². The van der Waals surface area contributed by atoms with Crippen LogP contribution in [0.5, 0.6) is 0 Å². The summed E-state index contributed by atoms with van der Waals surface area (Å²) in [6.07, 6.45) is 5.91. The molecule has 3 heteroatoms. The van der Waals surface area contributed by atoms with Crippen LogP contribution in [0.15, 0.2) is 41.2 Å². The van der Waals surface area contributed by atoms with Gasteiger partial charge in [-0.25, -0.2) is 0 Å². The van der Waals surface area contributed by atoms with Crippen molar-refractivity contribution in [3.05, 3.63) is 53.5 Å². The number of hydrogen-bond donors (Lipinski definition) is 2. The molecule has 1 aromatic heterocycles. The van der Waals surface area contributed by atoms with Gasteiger partial charge in [0.05, 0.1) is 12.5 Å². The normalized spacial score (nSPS) is 14.0. The highest BCUT2D eigenvalue weighted by atomic mass is 16.3. The van der Waals surface area contributed by atoms with Crippen molar-refractivity contribution in [2.75, 3.05) is 11.9 Å². The first-order valence-corrected chi connectivity index (χ1v) is 6.50. The van der Waals surface area contributed by atoms with E-state index >= 15 is 0 Å². The zero-order valence-corrected chi connectivity index (χ0v) is 10.4. The first kappa shape index (κ1) is 11.4. The molecule has 0 atom stereocenters. The van der Waals surface area contributed by atoms with Gasteiger partial charge in [0.1, 0.15) is 0 Å². The Labute approximate surface area is 107 Å². The van der Waals surface area contributed by atoms with Crippen molar-refractivity contribution in [1.82, 2.24) is 5.32 Å². The number of anilines is 1. The standard InChI is InChI=1S/C15H18N2O/c1-3-13(10-16-9-12-6-8-18-11-12)14-4-2-7-17-15(14)5-1/h1,3,5-6,8,11,16-17H,2,4,7,9-10H2. The van der Waals surface area contributed by atoms with E-state index in [9.17, 15) is 0 Å². The smallest absolute Gasteiger partial charge is 0.0947 e. The number of fused-ring (bicyclic) bond motifs is 1. The maximum absolute atomic E-state index is 5.06. The maximum Gasteiger partial charge on any atom is 0.0947 e. The van der Waals surface area contributed by atoms with Crippen molar-refractivity contribution in [3.8, 4) is 0 Å². The van der Waals surface area contributed by atoms with Crippen LogP contribution in [0.1, 0.15) is 23.1 Å². The third-order valence-corrected chi connectivity index (χ3v) is 3.42. The number of nitrogens with one attached hydrogen (secondary N) is 2. The fourth-order valence-corrected chi connectivity index (χ4v) is 2.48. The Hall–Kier alpha value is -1.74. The average molecular weight is 242 g/mol. The predicted octanol–water partition coefficient (Wildman–Crippen LogP) is 2.93. The van der Waals surface area contributed by atoms with Crippen LogP contribution in [0.25, 0.3) is 0 Å². The molecular weight excluding hydrogens is 224 g/mol. The van der Waals surface area contributed by atoms with Crippen molar-refractivity contribution >= 4 is 5.69 Å². The molecule has 18 heavy (non-hydrogen) atoms. The molecule has 0 amide bonds. The fourth-order valence-electron chi connectivity index (χ4n) is 2.48. The van der Waals surface area contributed by atoms with Crippen LogP contribution in [0, 0.1) is 0 Å². The largest absolute Gasteiger partial charge is 0.472 e. The molecule has 1 aliphatic heterocycles. The third kappa shape index (κ3) is 2.41. The van der Waals surface area contributed by atoms with Crippen LogP contribution in [0.3, 0.4) is 0 Å². The summed E-state index contributed by atoms with van der Waals surface area (Å²) in [4.78, 5) is 0. The van der Waals surface area contributed by atoms with E-state index in [1.165, 1.54) is 35.2 Å². The second-order valence-corrected chi connectivity index (χ2v) is 4.71. The van der Waals surface area contributed by atoms with Gasteiger partial charge in [0.25, 0.3) is 0 Å². The Morgan fingerprint density at radius 2 is 2.22 bits per heavy atom. The molecule has 1 aliphatic rings. The Kier molecular flexibility index (Phi) is 3.33. The third-order valence-electron chi connectivity index (χ3n) is 3.42. The molecule has 0 radical (unpaired) electrons. The molecule has 2 N–H and O–H groups in total. The Morgan fingerprint density at radius 3 is 3.11 bits per heavy atom. The SMILES string of the molecule is c1cc(CNCc2ccoc2)c2c(c1)NCCC2. The van der Waals surface area contributed by atoms with Crippen LogP contribution < -0.4 is 10.6 Å². The molecular formula is C15H18N2O. The van der Waals surface area contributed by atoms with E-state index in [2.05, 4.69) is 28.8 Å². The lowest BCUT2D eigenvalue weighted by Gasteiger charge is -2.21. The number of rotatable bonds is 4. The first-order valence-electron chi connectivity index (χ1n) is 6.50. The molecule has 0 fully saturated rings. The van der Waals surface area contributed by atoms with Gasteiger partial charge in [-0.05, 0) is 36.1 Å². The van der Waals surface area contributed by atoms with Gasteiger partial charge >= 0.3 is 0 Å². The Morgan fingerprint density at radius 1 is 1.22 bits per heavy atom. The molecule has 0 unspecified atom stereocenters. The molecule has 2 aromatic rings. The minimum atomic E-state index is 0.855. The summed E-state index contributed by atoms with van der Waals surface area (Å²) in [7, 11) is 0. The second kappa shape index (κ2) is 5.27. The molecule has 1 aromatic carbocycles. The average Bonchev–Trinajstić information content (AvgIpc) is 2.92. The van der Waals surface area contributed by atoms with Crippen molar-refractivity contribution in [2.24, 2.45) is 0 Å². The zero-order chi connectivity index (χ0) is 12.2. The Balaban J connectivity index is 1.65. The van der Waals surface area contributed by atoms with Crippen LogP contribution in [0.4, 0.5) is 5.69 Å². The van der Waals surface area contributed by atoms with Gasteiger partial charge in [-0.2, -0.15) is 0 Å². The highest BCUT2D eigenvalue weighted by Gasteiger charge is 2.11. The summed E-state index contributed by atoms with van der Waals surface area (Å²) >= 11 is 0. The molecule has 3 nitrogen and oxygen atoms in total. The van der Waals surface area contributed by atoms with E-state index in [1.807, 2.05) is 6.07 Å². The topological polar surface area (TPSA) is 37.2 Å². The summed E-state index contributed by atoms with van der Waals surface area (Å²) in [6.45, 7) is 2.86. The van der Waals surface area contributed by atoms with E-state index in [-0.39, 0.29) is 0 Å². The van der Waals surface area contributed by atoms with Gasteiger partial charge in [-0.3, -0.25) is 0 Å². The van der Waals surface area contributed by atoms with E-state index in [4.69, 9.17) is 4.42 Å². The Bertz CT molecular complexity index is 505. The van der Waals surface area contributed by atoms with Gasteiger partial charge in [0, 0.05) is 30.9 Å². The van der Waals surface area contributed by atoms with Crippen LogP contribution in [-0.4, -0.2) is 6.54 Å². The number of hydrogen-bond acceptors (Lipinski definition) is 3. The lowest BCUT2D eigenvalue weighted by Crippen LogP contribution is -2.17. The van der Waals surface area contributed by atoms with Crippen LogP contribution in [-0.2, 0) is 19.5 Å². The van der Waals surface area contributed by atoms with Crippen molar-refractivity contribution in [2.45, 2.75) is 25.9 Å². The fraction of sp³-hybridized carbons (Fsp3) is 0.333. The van der Waals surface area contributed by atoms with E-state index in [0.29, 0.717) is 0 Å². The van der Waals surface area contributed by atoms with Crippen molar-refractivity contribution in [3.63, 3.8) is 0 Å². The maximum atomic E-state index is 5.06. The highest BCUT2D eigenvalue weighted by Crippen LogP contribution is 2.25. The second-order valence-electron chi connectivity index (χ2n) is 4.71. The highest BCUT2D eigenvalue weighted by molar-refractivity contribution is 5.56. The summed E-state index contributed by atoms with van der Waals surface area (Å²) in [5.74, 6) is 0. The van der Waals surface area contributed by atoms with Gasteiger partial charge in [0.2, 0.25) is 0 Å². The zero-order valence-electron chi connectivity index (χ0n) is 10.4. The van der Waals surface area contributed by atoms with E-state index < -0.39 is 0 Å². The van der Waals surface area contributed by atoms with Crippen LogP contribution >= 0.6 is 0 Å². The number of furan rings is 1. The van der Waals surface area contributed by atoms with Crippen LogP contribution in [0.2, 0.25) is 0 Å². The monoisotopic (exact) mass is 242 g/mol. The molecule has 3 rings (SSSR count). The molecule has 2 heterocycles. The molecule has 0 aliphatic carbocycles. The van der Waals surface area contributed by atoms with Crippen molar-refractivity contribution < 1.29 is 4.42 Å². The van der Waals surface area contributed by atoms with Gasteiger partial charge in [-0.15, -0.1) is 0 Å². The lowest BCUT2D eigenvalue weighted by molar-refractivity contribution is 0.560. The van der Waals surface area contributed by atoms with Gasteiger partial charge in [-0.1, -0.05) is 12.1 Å². The first-order chi connectivity index (χ1) is 8.93.